The molecule has 0 aromatic carbocycles. The maximum Gasteiger partial charge on any atom is 0.224 e. The van der Waals surface area contributed by atoms with Crippen LogP contribution in [0.4, 0.5) is 0 Å². The van der Waals surface area contributed by atoms with Gasteiger partial charge >= 0.3 is 0 Å². The second-order valence-corrected chi connectivity index (χ2v) is 4.38. The van der Waals surface area contributed by atoms with Gasteiger partial charge in [0.05, 0.1) is 6.10 Å². The van der Waals surface area contributed by atoms with Gasteiger partial charge in [-0.15, -0.1) is 0 Å². The monoisotopic (exact) mass is 212 g/mol. The molecule has 1 saturated carbocycles. The molecule has 5 nitrogen and oxygen atoms in total. The molecule has 1 aliphatic carbocycles. The topological polar surface area (TPSA) is 69.6 Å². The molecule has 15 heavy (non-hydrogen) atoms. The predicted octanol–water partition coefficient (Wildman–Crippen LogP) is -0.548. The molecule has 0 spiro atoms. The van der Waals surface area contributed by atoms with E-state index in [1.54, 1.807) is 4.90 Å². The van der Waals surface area contributed by atoms with Gasteiger partial charge in [-0.05, 0) is 18.8 Å². The number of aliphatic hydroxyl groups is 1. The largest absolute Gasteiger partial charge is 0.391 e. The zero-order valence-corrected chi connectivity index (χ0v) is 8.56. The first-order valence-corrected chi connectivity index (χ1v) is 5.38. The fraction of sp³-hybridized carbons (Fsp3) is 0.800. The Bertz CT molecular complexity index is 265. The van der Waals surface area contributed by atoms with Gasteiger partial charge in [0.25, 0.3) is 0 Å². The fourth-order valence-electron chi connectivity index (χ4n) is 2.01. The summed E-state index contributed by atoms with van der Waals surface area (Å²) in [6.45, 7) is 0.344. The van der Waals surface area contributed by atoms with Crippen LogP contribution in [0.15, 0.2) is 0 Å². The normalized spacial score (nSPS) is 30.3. The minimum Gasteiger partial charge on any atom is -0.391 e. The van der Waals surface area contributed by atoms with Crippen LogP contribution < -0.4 is 5.32 Å². The summed E-state index contributed by atoms with van der Waals surface area (Å²) in [4.78, 5) is 23.7. The van der Waals surface area contributed by atoms with Crippen LogP contribution in [0.3, 0.4) is 0 Å². The number of amides is 2. The van der Waals surface area contributed by atoms with E-state index in [0.29, 0.717) is 31.7 Å². The third-order valence-corrected chi connectivity index (χ3v) is 3.02. The molecule has 0 aromatic heterocycles. The van der Waals surface area contributed by atoms with E-state index in [1.807, 2.05) is 0 Å². The van der Waals surface area contributed by atoms with E-state index in [-0.39, 0.29) is 12.1 Å². The van der Waals surface area contributed by atoms with Crippen LogP contribution >= 0.6 is 0 Å². The number of carbonyl (C=O) groups excluding carboxylic acids is 2. The second-order valence-electron chi connectivity index (χ2n) is 4.38. The Kier molecular flexibility index (Phi) is 2.90. The van der Waals surface area contributed by atoms with Gasteiger partial charge < -0.3 is 15.3 Å². The molecule has 1 heterocycles. The van der Waals surface area contributed by atoms with Crippen molar-refractivity contribution < 1.29 is 14.7 Å². The van der Waals surface area contributed by atoms with Gasteiger partial charge in [-0.3, -0.25) is 9.59 Å². The summed E-state index contributed by atoms with van der Waals surface area (Å²) < 4.78 is 0. The molecular formula is C10H16N2O3. The highest BCUT2D eigenvalue weighted by molar-refractivity contribution is 5.77. The smallest absolute Gasteiger partial charge is 0.224 e. The van der Waals surface area contributed by atoms with E-state index in [4.69, 9.17) is 0 Å². The SMILES string of the molecule is O=CNC1CC(O)CN1C(=O)CC1CC1. The summed E-state index contributed by atoms with van der Waals surface area (Å²) in [6.07, 6.45) is 3.02. The lowest BCUT2D eigenvalue weighted by molar-refractivity contribution is -0.133. The number of nitrogens with zero attached hydrogens (tertiary/aromatic N) is 1. The Balaban J connectivity index is 1.91. The highest BCUT2D eigenvalue weighted by Gasteiger charge is 2.36. The molecule has 1 saturated heterocycles. The van der Waals surface area contributed by atoms with Crippen LogP contribution in [0, 0.1) is 5.92 Å². The quantitative estimate of drug-likeness (QED) is 0.614. The minimum absolute atomic E-state index is 0.0494. The molecule has 5 heteroatoms. The van der Waals surface area contributed by atoms with Gasteiger partial charge in [0.2, 0.25) is 12.3 Å². The van der Waals surface area contributed by atoms with Crippen LogP contribution in [0.25, 0.3) is 0 Å². The summed E-state index contributed by atoms with van der Waals surface area (Å²) in [6, 6.07) is 0. The first-order chi connectivity index (χ1) is 7.20. The molecule has 2 N–H and O–H groups in total. The zero-order chi connectivity index (χ0) is 10.8. The average molecular weight is 212 g/mol. The van der Waals surface area contributed by atoms with Gasteiger partial charge in [0.1, 0.15) is 6.17 Å². The summed E-state index contributed by atoms with van der Waals surface area (Å²) in [5.41, 5.74) is 0. The number of β-amino-alcohol motifs (C(OH)–C–C–N with tert-alkyl or cyclic N) is 1. The molecule has 2 rings (SSSR count). The lowest BCUT2D eigenvalue weighted by Gasteiger charge is -2.23. The van der Waals surface area contributed by atoms with Gasteiger partial charge in [-0.25, -0.2) is 0 Å². The molecule has 2 aliphatic rings. The van der Waals surface area contributed by atoms with Crippen molar-refractivity contribution in [3.05, 3.63) is 0 Å². The second kappa shape index (κ2) is 4.18. The van der Waals surface area contributed by atoms with Crippen LogP contribution in [-0.4, -0.2) is 41.1 Å². The summed E-state index contributed by atoms with van der Waals surface area (Å²) >= 11 is 0. The summed E-state index contributed by atoms with van der Waals surface area (Å²) in [5, 5.41) is 12.0. The molecular weight excluding hydrogens is 196 g/mol. The van der Waals surface area contributed by atoms with E-state index in [1.165, 1.54) is 0 Å². The summed E-state index contributed by atoms with van der Waals surface area (Å²) in [5.74, 6) is 0.584. The number of nitrogens with one attached hydrogen (secondary N) is 1. The van der Waals surface area contributed by atoms with Crippen molar-refractivity contribution in [3.8, 4) is 0 Å². The van der Waals surface area contributed by atoms with Gasteiger partial charge in [-0.1, -0.05) is 0 Å². The molecule has 0 bridgehead atoms. The lowest BCUT2D eigenvalue weighted by atomic mass is 10.2. The van der Waals surface area contributed by atoms with Gasteiger partial charge in [-0.2, -0.15) is 0 Å². The number of hydrogen-bond acceptors (Lipinski definition) is 3. The molecule has 1 aliphatic heterocycles. The molecule has 84 valence electrons. The van der Waals surface area contributed by atoms with Crippen molar-refractivity contribution >= 4 is 12.3 Å². The number of likely N-dealkylation sites (tertiary alicyclic amines) is 1. The Hall–Kier alpha value is -1.10. The van der Waals surface area contributed by atoms with Crippen LogP contribution in [0.5, 0.6) is 0 Å². The van der Waals surface area contributed by atoms with Crippen molar-refractivity contribution in [2.45, 2.75) is 38.0 Å². The van der Waals surface area contributed by atoms with E-state index in [2.05, 4.69) is 5.32 Å². The average Bonchev–Trinajstić information content (AvgIpc) is 2.90. The molecule has 0 radical (unpaired) electrons. The molecule has 2 fully saturated rings. The Labute approximate surface area is 88.4 Å². The van der Waals surface area contributed by atoms with Crippen molar-refractivity contribution in [3.63, 3.8) is 0 Å². The highest BCUT2D eigenvalue weighted by atomic mass is 16.3. The third-order valence-electron chi connectivity index (χ3n) is 3.02. The van der Waals surface area contributed by atoms with Crippen molar-refractivity contribution in [1.82, 2.24) is 10.2 Å². The third kappa shape index (κ3) is 2.47. The van der Waals surface area contributed by atoms with Crippen molar-refractivity contribution in [1.29, 1.82) is 0 Å². The maximum absolute atomic E-state index is 11.8. The first kappa shape index (κ1) is 10.4. The van der Waals surface area contributed by atoms with Crippen molar-refractivity contribution in [2.24, 2.45) is 5.92 Å². The predicted molar refractivity (Wildman–Crippen MR) is 52.7 cm³/mol. The van der Waals surface area contributed by atoms with E-state index in [9.17, 15) is 14.7 Å². The maximum atomic E-state index is 11.8. The number of hydrogen-bond donors (Lipinski definition) is 2. The van der Waals surface area contributed by atoms with E-state index < -0.39 is 6.10 Å². The standard InChI is InChI=1S/C10H16N2O3/c13-6-11-9-4-8(14)5-12(9)10(15)3-7-1-2-7/h6-9,14H,1-5H2,(H,11,13). The molecule has 2 amide bonds. The molecule has 0 aromatic rings. The van der Waals surface area contributed by atoms with E-state index in [0.717, 1.165) is 12.8 Å². The van der Waals surface area contributed by atoms with Crippen LogP contribution in [0.1, 0.15) is 25.7 Å². The summed E-state index contributed by atoms with van der Waals surface area (Å²) in [7, 11) is 0. The first-order valence-electron chi connectivity index (χ1n) is 5.38. The molecule has 2 atom stereocenters. The highest BCUT2D eigenvalue weighted by Crippen LogP contribution is 2.33. The molecule has 2 unspecified atom stereocenters. The zero-order valence-electron chi connectivity index (χ0n) is 8.56. The number of rotatable bonds is 4. The van der Waals surface area contributed by atoms with Crippen LogP contribution in [0.2, 0.25) is 0 Å². The van der Waals surface area contributed by atoms with E-state index >= 15 is 0 Å². The van der Waals surface area contributed by atoms with Gasteiger partial charge in [0.15, 0.2) is 0 Å². The Morgan fingerprint density at radius 2 is 2.27 bits per heavy atom. The van der Waals surface area contributed by atoms with Crippen LogP contribution in [-0.2, 0) is 9.59 Å². The fourth-order valence-corrected chi connectivity index (χ4v) is 2.01. The van der Waals surface area contributed by atoms with Gasteiger partial charge in [0, 0.05) is 19.4 Å². The lowest BCUT2D eigenvalue weighted by Crippen LogP contribution is -2.44. The number of carbonyl (C=O) groups is 2. The number of aliphatic hydroxyl groups excluding tert-OH is 1. The van der Waals surface area contributed by atoms with Crippen molar-refractivity contribution in [2.75, 3.05) is 6.54 Å². The Morgan fingerprint density at radius 1 is 1.53 bits per heavy atom. The Morgan fingerprint density at radius 3 is 2.87 bits per heavy atom. The minimum atomic E-state index is -0.509.